The molecule has 0 aliphatic heterocycles. The summed E-state index contributed by atoms with van der Waals surface area (Å²) in [5.74, 6) is 0.887. The molecule has 0 saturated heterocycles. The second-order valence-electron chi connectivity index (χ2n) is 7.01. The van der Waals surface area contributed by atoms with Crippen LogP contribution in [0.25, 0.3) is 0 Å². The predicted molar refractivity (Wildman–Crippen MR) is 80.9 cm³/mol. The SMILES string of the molecule is CC(C)(C)C1CCCC(NCc2cccnc2)CC1. The molecule has 2 atom stereocenters. The summed E-state index contributed by atoms with van der Waals surface area (Å²) in [7, 11) is 0. The Balaban J connectivity index is 1.80. The van der Waals surface area contributed by atoms with Crippen molar-refractivity contribution >= 4 is 0 Å². The molecule has 1 heterocycles. The largest absolute Gasteiger partial charge is 0.310 e. The normalized spacial score (nSPS) is 25.0. The van der Waals surface area contributed by atoms with Gasteiger partial charge < -0.3 is 5.32 Å². The molecule has 19 heavy (non-hydrogen) atoms. The number of nitrogens with one attached hydrogen (secondary N) is 1. The number of hydrogen-bond acceptors (Lipinski definition) is 2. The Morgan fingerprint density at radius 1 is 1.21 bits per heavy atom. The molecule has 2 unspecified atom stereocenters. The van der Waals surface area contributed by atoms with Crippen molar-refractivity contribution < 1.29 is 0 Å². The van der Waals surface area contributed by atoms with Gasteiger partial charge in [0.2, 0.25) is 0 Å². The first-order chi connectivity index (χ1) is 9.05. The van der Waals surface area contributed by atoms with Crippen LogP contribution in [0.3, 0.4) is 0 Å². The van der Waals surface area contributed by atoms with Gasteiger partial charge in [0.25, 0.3) is 0 Å². The fourth-order valence-corrected chi connectivity index (χ4v) is 3.14. The molecule has 1 aromatic heterocycles. The lowest BCUT2D eigenvalue weighted by Crippen LogP contribution is -2.28. The van der Waals surface area contributed by atoms with Crippen molar-refractivity contribution in [3.05, 3.63) is 30.1 Å². The molecule has 0 spiro atoms. The van der Waals surface area contributed by atoms with Crippen LogP contribution in [0.5, 0.6) is 0 Å². The lowest BCUT2D eigenvalue weighted by atomic mass is 9.76. The summed E-state index contributed by atoms with van der Waals surface area (Å²) < 4.78 is 0. The Hall–Kier alpha value is -0.890. The number of pyridine rings is 1. The highest BCUT2D eigenvalue weighted by molar-refractivity contribution is 5.08. The maximum atomic E-state index is 4.17. The highest BCUT2D eigenvalue weighted by Gasteiger charge is 2.27. The van der Waals surface area contributed by atoms with Crippen molar-refractivity contribution in [3.63, 3.8) is 0 Å². The molecule has 1 fully saturated rings. The highest BCUT2D eigenvalue weighted by Crippen LogP contribution is 2.36. The van der Waals surface area contributed by atoms with Crippen LogP contribution < -0.4 is 5.32 Å². The van der Waals surface area contributed by atoms with Gasteiger partial charge in [0.05, 0.1) is 0 Å². The van der Waals surface area contributed by atoms with Gasteiger partial charge >= 0.3 is 0 Å². The minimum Gasteiger partial charge on any atom is -0.310 e. The van der Waals surface area contributed by atoms with Crippen LogP contribution >= 0.6 is 0 Å². The topological polar surface area (TPSA) is 24.9 Å². The predicted octanol–water partition coefficient (Wildman–Crippen LogP) is 4.17. The number of hydrogen-bond donors (Lipinski definition) is 1. The van der Waals surface area contributed by atoms with E-state index in [9.17, 15) is 0 Å². The minimum absolute atomic E-state index is 0.470. The van der Waals surface area contributed by atoms with Crippen molar-refractivity contribution in [3.8, 4) is 0 Å². The zero-order valence-electron chi connectivity index (χ0n) is 12.7. The third-order valence-corrected chi connectivity index (χ3v) is 4.51. The third-order valence-electron chi connectivity index (χ3n) is 4.51. The van der Waals surface area contributed by atoms with Crippen LogP contribution in [0.4, 0.5) is 0 Å². The van der Waals surface area contributed by atoms with Crippen LogP contribution in [0.15, 0.2) is 24.5 Å². The van der Waals surface area contributed by atoms with Crippen LogP contribution in [0, 0.1) is 11.3 Å². The standard InChI is InChI=1S/C17H28N2/c1-17(2,3)15-7-4-8-16(10-9-15)19-13-14-6-5-11-18-12-14/h5-6,11-12,15-16,19H,4,7-10,13H2,1-3H3. The molecular weight excluding hydrogens is 232 g/mol. The smallest absolute Gasteiger partial charge is 0.0312 e. The van der Waals surface area contributed by atoms with E-state index in [1.165, 1.54) is 37.7 Å². The van der Waals surface area contributed by atoms with Crippen molar-refractivity contribution in [2.45, 2.75) is 65.5 Å². The quantitative estimate of drug-likeness (QED) is 0.825. The van der Waals surface area contributed by atoms with E-state index < -0.39 is 0 Å². The Morgan fingerprint density at radius 3 is 2.74 bits per heavy atom. The first-order valence-electron chi connectivity index (χ1n) is 7.68. The molecule has 0 radical (unpaired) electrons. The van der Waals surface area contributed by atoms with Gasteiger partial charge in [0.15, 0.2) is 0 Å². The molecule has 0 aromatic carbocycles. The molecule has 0 amide bonds. The molecule has 106 valence electrons. The average Bonchev–Trinajstić information content (AvgIpc) is 2.62. The highest BCUT2D eigenvalue weighted by atomic mass is 14.9. The average molecular weight is 260 g/mol. The Bertz CT molecular complexity index is 367. The fourth-order valence-electron chi connectivity index (χ4n) is 3.14. The van der Waals surface area contributed by atoms with E-state index in [1.807, 2.05) is 18.5 Å². The lowest BCUT2D eigenvalue weighted by molar-refractivity contribution is 0.213. The summed E-state index contributed by atoms with van der Waals surface area (Å²) in [6, 6.07) is 4.85. The summed E-state index contributed by atoms with van der Waals surface area (Å²) in [6.07, 6.45) is 10.6. The third kappa shape index (κ3) is 4.61. The van der Waals surface area contributed by atoms with E-state index in [0.29, 0.717) is 11.5 Å². The van der Waals surface area contributed by atoms with Gasteiger partial charge in [0, 0.05) is 25.0 Å². The maximum Gasteiger partial charge on any atom is 0.0312 e. The number of rotatable bonds is 3. The summed E-state index contributed by atoms with van der Waals surface area (Å²) >= 11 is 0. The molecule has 1 N–H and O–H groups in total. The van der Waals surface area contributed by atoms with Gasteiger partial charge in [0.1, 0.15) is 0 Å². The molecule has 1 saturated carbocycles. The lowest BCUT2D eigenvalue weighted by Gasteiger charge is -2.29. The first-order valence-corrected chi connectivity index (χ1v) is 7.68. The van der Waals surface area contributed by atoms with E-state index in [4.69, 9.17) is 0 Å². The molecule has 2 heteroatoms. The molecule has 0 bridgehead atoms. The van der Waals surface area contributed by atoms with Crippen molar-refractivity contribution in [2.75, 3.05) is 0 Å². The van der Waals surface area contributed by atoms with E-state index in [0.717, 1.165) is 12.5 Å². The van der Waals surface area contributed by atoms with Crippen LogP contribution in [-0.2, 0) is 6.54 Å². The van der Waals surface area contributed by atoms with E-state index in [-0.39, 0.29) is 0 Å². The Morgan fingerprint density at radius 2 is 2.05 bits per heavy atom. The van der Waals surface area contributed by atoms with Gasteiger partial charge in [-0.2, -0.15) is 0 Å². The summed E-state index contributed by atoms with van der Waals surface area (Å²) in [5, 5.41) is 3.71. The van der Waals surface area contributed by atoms with E-state index >= 15 is 0 Å². The summed E-state index contributed by atoms with van der Waals surface area (Å²) in [5.41, 5.74) is 1.76. The van der Waals surface area contributed by atoms with Crippen molar-refractivity contribution in [1.29, 1.82) is 0 Å². The van der Waals surface area contributed by atoms with Gasteiger partial charge in [-0.25, -0.2) is 0 Å². The molecular formula is C17H28N2. The number of aromatic nitrogens is 1. The van der Waals surface area contributed by atoms with Gasteiger partial charge in [-0.1, -0.05) is 33.3 Å². The van der Waals surface area contributed by atoms with Gasteiger partial charge in [-0.15, -0.1) is 0 Å². The van der Waals surface area contributed by atoms with Crippen molar-refractivity contribution in [2.24, 2.45) is 11.3 Å². The minimum atomic E-state index is 0.470. The van der Waals surface area contributed by atoms with Gasteiger partial charge in [-0.05, 0) is 48.6 Å². The monoisotopic (exact) mass is 260 g/mol. The summed E-state index contributed by atoms with van der Waals surface area (Å²) in [4.78, 5) is 4.17. The molecule has 1 aromatic rings. The van der Waals surface area contributed by atoms with E-state index in [2.05, 4.69) is 37.1 Å². The molecule has 1 aliphatic rings. The number of nitrogens with zero attached hydrogens (tertiary/aromatic N) is 1. The molecule has 1 aliphatic carbocycles. The van der Waals surface area contributed by atoms with Crippen LogP contribution in [-0.4, -0.2) is 11.0 Å². The van der Waals surface area contributed by atoms with Crippen LogP contribution in [0.1, 0.15) is 58.4 Å². The second-order valence-corrected chi connectivity index (χ2v) is 7.01. The Kier molecular flexibility index (Phi) is 4.98. The fraction of sp³-hybridized carbons (Fsp3) is 0.706. The molecule has 2 nitrogen and oxygen atoms in total. The molecule has 2 rings (SSSR count). The summed E-state index contributed by atoms with van der Waals surface area (Å²) in [6.45, 7) is 8.13. The van der Waals surface area contributed by atoms with Gasteiger partial charge in [-0.3, -0.25) is 4.98 Å². The second kappa shape index (κ2) is 6.51. The Labute approximate surface area is 118 Å². The van der Waals surface area contributed by atoms with E-state index in [1.54, 1.807) is 0 Å². The maximum absolute atomic E-state index is 4.17. The zero-order chi connectivity index (χ0) is 13.7. The van der Waals surface area contributed by atoms with Crippen LogP contribution in [0.2, 0.25) is 0 Å². The van der Waals surface area contributed by atoms with Crippen molar-refractivity contribution in [1.82, 2.24) is 10.3 Å². The first kappa shape index (κ1) is 14.5. The zero-order valence-corrected chi connectivity index (χ0v) is 12.7.